The second-order valence-corrected chi connectivity index (χ2v) is 4.16. The molecule has 6 nitrogen and oxygen atoms in total. The summed E-state index contributed by atoms with van der Waals surface area (Å²) < 4.78 is 1.89. The Balaban J connectivity index is 2.31. The minimum absolute atomic E-state index is 0.148. The number of nitrogens with two attached hydrogens (primary N) is 2. The van der Waals surface area contributed by atoms with E-state index in [0.29, 0.717) is 30.9 Å². The Morgan fingerprint density at radius 2 is 2.22 bits per heavy atom. The number of fused-ring (bicyclic) bond motifs is 1. The number of primary amides is 1. The molecule has 1 heterocycles. The highest BCUT2D eigenvalue weighted by Gasteiger charge is 2.10. The summed E-state index contributed by atoms with van der Waals surface area (Å²) >= 11 is 0. The van der Waals surface area contributed by atoms with Crippen molar-refractivity contribution in [1.82, 2.24) is 9.55 Å². The fourth-order valence-electron chi connectivity index (χ4n) is 1.98. The van der Waals surface area contributed by atoms with Gasteiger partial charge >= 0.3 is 0 Å². The number of benzene rings is 1. The van der Waals surface area contributed by atoms with Crippen LogP contribution in [0.4, 0.5) is 5.69 Å². The van der Waals surface area contributed by atoms with Crippen molar-refractivity contribution in [3.05, 3.63) is 24.0 Å². The molecule has 0 saturated carbocycles. The quantitative estimate of drug-likeness (QED) is 0.664. The van der Waals surface area contributed by atoms with Crippen molar-refractivity contribution in [2.75, 3.05) is 5.73 Å². The number of rotatable bonds is 5. The summed E-state index contributed by atoms with van der Waals surface area (Å²) in [6.07, 6.45) is 0.942. The lowest BCUT2D eigenvalue weighted by molar-refractivity contribution is -0.118. The molecule has 96 valence electrons. The van der Waals surface area contributed by atoms with Crippen LogP contribution in [0.5, 0.6) is 0 Å². The van der Waals surface area contributed by atoms with E-state index in [2.05, 4.69) is 4.98 Å². The van der Waals surface area contributed by atoms with Crippen LogP contribution < -0.4 is 11.5 Å². The Kier molecular flexibility index (Phi) is 3.47. The number of aliphatic hydroxyl groups excluding tert-OH is 1. The molecule has 2 aromatic rings. The van der Waals surface area contributed by atoms with E-state index in [0.717, 1.165) is 11.0 Å². The van der Waals surface area contributed by atoms with Crippen molar-refractivity contribution < 1.29 is 9.90 Å². The molecule has 18 heavy (non-hydrogen) atoms. The number of amides is 1. The van der Waals surface area contributed by atoms with Crippen molar-refractivity contribution in [3.8, 4) is 0 Å². The molecule has 0 unspecified atom stereocenters. The van der Waals surface area contributed by atoms with Crippen LogP contribution in [-0.2, 0) is 17.9 Å². The fraction of sp³-hybridized carbons (Fsp3) is 0.333. The smallest absolute Gasteiger partial charge is 0.217 e. The normalized spacial score (nSPS) is 10.9. The highest BCUT2D eigenvalue weighted by molar-refractivity contribution is 5.79. The summed E-state index contributed by atoms with van der Waals surface area (Å²) in [6.45, 7) is 0.449. The fourth-order valence-corrected chi connectivity index (χ4v) is 1.98. The first kappa shape index (κ1) is 12.4. The molecule has 0 atom stereocenters. The summed E-state index contributed by atoms with van der Waals surface area (Å²) in [5, 5.41) is 9.29. The summed E-state index contributed by atoms with van der Waals surface area (Å²) in [5.74, 6) is 0.245. The largest absolute Gasteiger partial charge is 0.399 e. The molecule has 6 heteroatoms. The zero-order valence-electron chi connectivity index (χ0n) is 9.97. The highest BCUT2D eigenvalue weighted by atomic mass is 16.3. The second kappa shape index (κ2) is 5.05. The lowest BCUT2D eigenvalue weighted by atomic mass is 10.2. The van der Waals surface area contributed by atoms with E-state index in [1.807, 2.05) is 10.6 Å². The van der Waals surface area contributed by atoms with E-state index in [-0.39, 0.29) is 12.5 Å². The molecule has 0 aliphatic rings. The van der Waals surface area contributed by atoms with Crippen LogP contribution in [0.1, 0.15) is 18.7 Å². The summed E-state index contributed by atoms with van der Waals surface area (Å²) in [5.41, 5.74) is 13.1. The predicted octanol–water partition coefficient (Wildman–Crippen LogP) is 0.376. The number of carbonyl (C=O) groups is 1. The van der Waals surface area contributed by atoms with Crippen molar-refractivity contribution in [3.63, 3.8) is 0 Å². The van der Waals surface area contributed by atoms with Crippen LogP contribution >= 0.6 is 0 Å². The van der Waals surface area contributed by atoms with Crippen molar-refractivity contribution >= 4 is 22.6 Å². The SMILES string of the molecule is NC(=O)CCCn1c(CO)nc2cc(N)ccc21. The molecular weight excluding hydrogens is 232 g/mol. The maximum Gasteiger partial charge on any atom is 0.217 e. The number of carbonyl (C=O) groups excluding carboxylic acids is 1. The molecule has 0 radical (unpaired) electrons. The number of aromatic nitrogens is 2. The average molecular weight is 248 g/mol. The highest BCUT2D eigenvalue weighted by Crippen LogP contribution is 2.19. The molecule has 1 aromatic carbocycles. The van der Waals surface area contributed by atoms with Crippen molar-refractivity contribution in [2.24, 2.45) is 5.73 Å². The van der Waals surface area contributed by atoms with Gasteiger partial charge in [-0.25, -0.2) is 4.98 Å². The van der Waals surface area contributed by atoms with Crippen molar-refractivity contribution in [1.29, 1.82) is 0 Å². The van der Waals surface area contributed by atoms with Gasteiger partial charge in [0.15, 0.2) is 0 Å². The topological polar surface area (TPSA) is 107 Å². The van der Waals surface area contributed by atoms with Crippen LogP contribution in [-0.4, -0.2) is 20.6 Å². The summed E-state index contributed by atoms with van der Waals surface area (Å²) in [6, 6.07) is 5.41. The lowest BCUT2D eigenvalue weighted by Crippen LogP contribution is -2.12. The van der Waals surface area contributed by atoms with Crippen LogP contribution in [0.15, 0.2) is 18.2 Å². The molecule has 2 rings (SSSR count). The minimum Gasteiger partial charge on any atom is -0.399 e. The molecule has 0 aliphatic heterocycles. The van der Waals surface area contributed by atoms with E-state index in [1.165, 1.54) is 0 Å². The number of hydrogen-bond donors (Lipinski definition) is 3. The Morgan fingerprint density at radius 3 is 2.89 bits per heavy atom. The zero-order valence-corrected chi connectivity index (χ0v) is 9.97. The van der Waals surface area contributed by atoms with Gasteiger partial charge in [0.25, 0.3) is 0 Å². The summed E-state index contributed by atoms with van der Waals surface area (Å²) in [4.78, 5) is 15.0. The van der Waals surface area contributed by atoms with Crippen LogP contribution in [0.3, 0.4) is 0 Å². The van der Waals surface area contributed by atoms with E-state index in [9.17, 15) is 9.90 Å². The van der Waals surface area contributed by atoms with Gasteiger partial charge in [0.2, 0.25) is 5.91 Å². The molecular formula is C12H16N4O2. The van der Waals surface area contributed by atoms with Gasteiger partial charge in [0.1, 0.15) is 12.4 Å². The number of hydrogen-bond acceptors (Lipinski definition) is 4. The first-order valence-corrected chi connectivity index (χ1v) is 5.75. The summed E-state index contributed by atoms with van der Waals surface area (Å²) in [7, 11) is 0. The zero-order chi connectivity index (χ0) is 13.1. The van der Waals surface area contributed by atoms with Gasteiger partial charge in [-0.05, 0) is 24.6 Å². The number of imidazole rings is 1. The minimum atomic E-state index is -0.325. The molecule has 0 aliphatic carbocycles. The number of nitrogens with zero attached hydrogens (tertiary/aromatic N) is 2. The Labute approximate surface area is 104 Å². The average Bonchev–Trinajstić information content (AvgIpc) is 2.66. The Morgan fingerprint density at radius 1 is 1.44 bits per heavy atom. The van der Waals surface area contributed by atoms with Gasteiger partial charge in [-0.3, -0.25) is 4.79 Å². The molecule has 1 amide bonds. The van der Waals surface area contributed by atoms with Gasteiger partial charge in [-0.15, -0.1) is 0 Å². The van der Waals surface area contributed by atoms with Crippen molar-refractivity contribution in [2.45, 2.75) is 26.0 Å². The standard InChI is InChI=1S/C12H16N4O2/c13-8-3-4-10-9(6-8)15-12(7-17)16(10)5-1-2-11(14)18/h3-4,6,17H,1-2,5,7,13H2,(H2,14,18). The van der Waals surface area contributed by atoms with Crippen LogP contribution in [0.25, 0.3) is 11.0 Å². The van der Waals surface area contributed by atoms with Gasteiger partial charge in [-0.1, -0.05) is 0 Å². The van der Waals surface area contributed by atoms with E-state index in [4.69, 9.17) is 11.5 Å². The van der Waals surface area contributed by atoms with Crippen LogP contribution in [0, 0.1) is 0 Å². The molecule has 5 N–H and O–H groups in total. The molecule has 0 bridgehead atoms. The Hall–Kier alpha value is -2.08. The van der Waals surface area contributed by atoms with Gasteiger partial charge < -0.3 is 21.1 Å². The van der Waals surface area contributed by atoms with Crippen LogP contribution in [0.2, 0.25) is 0 Å². The van der Waals surface area contributed by atoms with Gasteiger partial charge in [0.05, 0.1) is 11.0 Å². The monoisotopic (exact) mass is 248 g/mol. The van der Waals surface area contributed by atoms with Gasteiger partial charge in [0, 0.05) is 18.7 Å². The predicted molar refractivity (Wildman–Crippen MR) is 68.5 cm³/mol. The lowest BCUT2D eigenvalue weighted by Gasteiger charge is -2.06. The first-order chi connectivity index (χ1) is 8.61. The number of aliphatic hydroxyl groups is 1. The van der Waals surface area contributed by atoms with Gasteiger partial charge in [-0.2, -0.15) is 0 Å². The number of anilines is 1. The third kappa shape index (κ3) is 2.43. The van der Waals surface area contributed by atoms with E-state index in [1.54, 1.807) is 12.1 Å². The van der Waals surface area contributed by atoms with E-state index >= 15 is 0 Å². The maximum atomic E-state index is 10.7. The molecule has 1 aromatic heterocycles. The second-order valence-electron chi connectivity index (χ2n) is 4.16. The number of aryl methyl sites for hydroxylation is 1. The first-order valence-electron chi connectivity index (χ1n) is 5.75. The molecule has 0 fully saturated rings. The van der Waals surface area contributed by atoms with E-state index < -0.39 is 0 Å². The number of nitrogen functional groups attached to an aromatic ring is 1. The third-order valence-corrected chi connectivity index (χ3v) is 2.80. The maximum absolute atomic E-state index is 10.7. The molecule has 0 saturated heterocycles. The third-order valence-electron chi connectivity index (χ3n) is 2.80. The Bertz CT molecular complexity index is 577. The molecule has 0 spiro atoms.